The van der Waals surface area contributed by atoms with E-state index in [0.29, 0.717) is 47.3 Å². The molecule has 0 unspecified atom stereocenters. The molecule has 9 nitrogen and oxygen atoms in total. The molecule has 3 aromatic carbocycles. The van der Waals surface area contributed by atoms with Crippen molar-refractivity contribution in [3.05, 3.63) is 98.8 Å². The number of halogens is 1. The monoisotopic (exact) mass is 568 g/mol. The van der Waals surface area contributed by atoms with E-state index in [1.807, 2.05) is 67.8 Å². The first-order valence-electron chi connectivity index (χ1n) is 12.5. The van der Waals surface area contributed by atoms with Crippen molar-refractivity contribution >= 4 is 23.4 Å². The molecule has 1 atom stereocenters. The summed E-state index contributed by atoms with van der Waals surface area (Å²) in [7, 11) is 0. The van der Waals surface area contributed by atoms with Gasteiger partial charge < -0.3 is 14.2 Å². The number of hydrogen-bond acceptors (Lipinski definition) is 8. The van der Waals surface area contributed by atoms with E-state index < -0.39 is 5.25 Å². The number of rotatable bonds is 13. The van der Waals surface area contributed by atoms with Gasteiger partial charge in [0.1, 0.15) is 23.4 Å². The standard InChI is InChI=1S/C28H29ClN4O5S/c1-4-36-24-13-11-23(12-14-24)33-19(3)30-31-28(33)39-27(17-32(34)35)21-8-15-25(26(16-21)37-5-2)38-18-20-6-9-22(29)10-7-20/h6-16,27H,4-5,17-18H2,1-3H3/t27-/m1/s1. The Bertz CT molecular complexity index is 1400. The summed E-state index contributed by atoms with van der Waals surface area (Å²) in [4.78, 5) is 11.3. The molecule has 39 heavy (non-hydrogen) atoms. The van der Waals surface area contributed by atoms with Crippen molar-refractivity contribution in [2.45, 2.75) is 37.8 Å². The van der Waals surface area contributed by atoms with E-state index in [0.717, 1.165) is 22.6 Å². The maximum Gasteiger partial charge on any atom is 0.220 e. The zero-order valence-corrected chi connectivity index (χ0v) is 23.4. The minimum absolute atomic E-state index is 0.309. The lowest BCUT2D eigenvalue weighted by molar-refractivity contribution is -0.479. The number of benzene rings is 3. The van der Waals surface area contributed by atoms with Crippen molar-refractivity contribution in [3.63, 3.8) is 0 Å². The van der Waals surface area contributed by atoms with Crippen molar-refractivity contribution in [3.8, 4) is 22.9 Å². The van der Waals surface area contributed by atoms with Crippen LogP contribution in [0.2, 0.25) is 5.02 Å². The van der Waals surface area contributed by atoms with Crippen molar-refractivity contribution in [2.75, 3.05) is 19.8 Å². The van der Waals surface area contributed by atoms with Crippen LogP contribution in [0.4, 0.5) is 0 Å². The number of nitro groups is 1. The summed E-state index contributed by atoms with van der Waals surface area (Å²) in [5.41, 5.74) is 2.51. The highest BCUT2D eigenvalue weighted by atomic mass is 35.5. The zero-order chi connectivity index (χ0) is 27.8. The number of aryl methyl sites for hydroxylation is 1. The molecule has 0 amide bonds. The quantitative estimate of drug-likeness (QED) is 0.0995. The van der Waals surface area contributed by atoms with Gasteiger partial charge in [-0.3, -0.25) is 14.7 Å². The van der Waals surface area contributed by atoms with Gasteiger partial charge in [0.2, 0.25) is 6.54 Å². The summed E-state index contributed by atoms with van der Waals surface area (Å²) >= 11 is 7.25. The minimum atomic E-state index is -0.547. The molecule has 0 spiro atoms. The van der Waals surface area contributed by atoms with E-state index in [-0.39, 0.29) is 11.5 Å². The number of nitrogens with zero attached hydrogens (tertiary/aromatic N) is 4. The van der Waals surface area contributed by atoms with E-state index in [1.54, 1.807) is 24.3 Å². The van der Waals surface area contributed by atoms with E-state index in [9.17, 15) is 10.1 Å². The number of thioether (sulfide) groups is 1. The van der Waals surface area contributed by atoms with Crippen LogP contribution in [-0.2, 0) is 6.61 Å². The zero-order valence-electron chi connectivity index (χ0n) is 21.9. The van der Waals surface area contributed by atoms with Crippen LogP contribution in [0.25, 0.3) is 5.69 Å². The molecule has 0 saturated heterocycles. The van der Waals surface area contributed by atoms with E-state index >= 15 is 0 Å². The maximum absolute atomic E-state index is 11.7. The van der Waals surface area contributed by atoms with Crippen LogP contribution in [0.3, 0.4) is 0 Å². The Kier molecular flexibility index (Phi) is 9.67. The molecule has 11 heteroatoms. The smallest absolute Gasteiger partial charge is 0.220 e. The van der Waals surface area contributed by atoms with Gasteiger partial charge in [0.25, 0.3) is 0 Å². The fourth-order valence-electron chi connectivity index (χ4n) is 3.90. The minimum Gasteiger partial charge on any atom is -0.494 e. The van der Waals surface area contributed by atoms with Crippen LogP contribution >= 0.6 is 23.4 Å². The lowest BCUT2D eigenvalue weighted by atomic mass is 10.1. The van der Waals surface area contributed by atoms with Gasteiger partial charge in [-0.15, -0.1) is 10.2 Å². The van der Waals surface area contributed by atoms with Gasteiger partial charge in [0, 0.05) is 15.6 Å². The van der Waals surface area contributed by atoms with Crippen LogP contribution in [0.15, 0.2) is 71.9 Å². The highest BCUT2D eigenvalue weighted by molar-refractivity contribution is 7.99. The van der Waals surface area contributed by atoms with Crippen LogP contribution < -0.4 is 14.2 Å². The lowest BCUT2D eigenvalue weighted by Crippen LogP contribution is -2.11. The Balaban J connectivity index is 1.60. The molecule has 0 N–H and O–H groups in total. The van der Waals surface area contributed by atoms with Gasteiger partial charge >= 0.3 is 0 Å². The van der Waals surface area contributed by atoms with E-state index in [4.69, 9.17) is 25.8 Å². The van der Waals surface area contributed by atoms with Crippen molar-refractivity contribution in [1.29, 1.82) is 0 Å². The summed E-state index contributed by atoms with van der Waals surface area (Å²) in [5, 5.41) is 20.9. The Morgan fingerprint density at radius 2 is 1.67 bits per heavy atom. The van der Waals surface area contributed by atoms with Gasteiger partial charge in [0.05, 0.1) is 13.2 Å². The molecule has 0 aliphatic carbocycles. The number of ether oxygens (including phenoxy) is 3. The molecular weight excluding hydrogens is 540 g/mol. The first-order chi connectivity index (χ1) is 18.9. The molecule has 0 bridgehead atoms. The van der Waals surface area contributed by atoms with Gasteiger partial charge in [0.15, 0.2) is 16.7 Å². The summed E-state index contributed by atoms with van der Waals surface area (Å²) in [5.74, 6) is 2.49. The third-order valence-electron chi connectivity index (χ3n) is 5.71. The van der Waals surface area contributed by atoms with Crippen LogP contribution in [0.5, 0.6) is 17.2 Å². The molecule has 0 aliphatic heterocycles. The molecule has 1 aromatic heterocycles. The second-order valence-electron chi connectivity index (χ2n) is 8.47. The average molecular weight is 569 g/mol. The summed E-state index contributed by atoms with van der Waals surface area (Å²) in [6, 6.07) is 20.4. The Morgan fingerprint density at radius 1 is 0.949 bits per heavy atom. The molecular formula is C28H29ClN4O5S. The molecule has 4 aromatic rings. The normalized spacial score (nSPS) is 11.7. The molecule has 0 radical (unpaired) electrons. The van der Waals surface area contributed by atoms with Gasteiger partial charge in [-0.1, -0.05) is 41.6 Å². The molecule has 0 fully saturated rings. The summed E-state index contributed by atoms with van der Waals surface area (Å²) < 4.78 is 19.3. The van der Waals surface area contributed by atoms with Crippen LogP contribution in [0.1, 0.15) is 36.0 Å². The second kappa shape index (κ2) is 13.3. The molecule has 0 aliphatic rings. The highest BCUT2D eigenvalue weighted by Crippen LogP contribution is 2.40. The Morgan fingerprint density at radius 3 is 2.33 bits per heavy atom. The largest absolute Gasteiger partial charge is 0.494 e. The second-order valence-corrected chi connectivity index (χ2v) is 10.1. The predicted octanol–water partition coefficient (Wildman–Crippen LogP) is 6.72. The van der Waals surface area contributed by atoms with E-state index in [2.05, 4.69) is 10.2 Å². The van der Waals surface area contributed by atoms with Crippen molar-refractivity contribution in [2.24, 2.45) is 0 Å². The van der Waals surface area contributed by atoms with Gasteiger partial charge in [-0.25, -0.2) is 0 Å². The number of hydrogen-bond donors (Lipinski definition) is 0. The third-order valence-corrected chi connectivity index (χ3v) is 7.14. The van der Waals surface area contributed by atoms with Crippen LogP contribution in [-0.4, -0.2) is 39.4 Å². The Hall–Kier alpha value is -3.76. The van der Waals surface area contributed by atoms with Crippen molar-refractivity contribution in [1.82, 2.24) is 14.8 Å². The average Bonchev–Trinajstić information content (AvgIpc) is 3.28. The summed E-state index contributed by atoms with van der Waals surface area (Å²) in [6.45, 7) is 6.65. The first-order valence-corrected chi connectivity index (χ1v) is 13.7. The highest BCUT2D eigenvalue weighted by Gasteiger charge is 2.25. The first kappa shape index (κ1) is 28.3. The topological polar surface area (TPSA) is 102 Å². The van der Waals surface area contributed by atoms with Crippen molar-refractivity contribution < 1.29 is 19.1 Å². The summed E-state index contributed by atoms with van der Waals surface area (Å²) in [6.07, 6.45) is 0. The van der Waals surface area contributed by atoms with Crippen LogP contribution in [0, 0.1) is 17.0 Å². The SMILES string of the molecule is CCOc1ccc(-n2c(C)nnc2S[C@H](C[N+](=O)[O-])c2ccc(OCc3ccc(Cl)cc3)c(OCC)c2)cc1. The predicted molar refractivity (Wildman–Crippen MR) is 151 cm³/mol. The number of aromatic nitrogens is 3. The van der Waals surface area contributed by atoms with Gasteiger partial charge in [-0.2, -0.15) is 0 Å². The van der Waals surface area contributed by atoms with E-state index in [1.165, 1.54) is 11.8 Å². The Labute approximate surface area is 236 Å². The maximum atomic E-state index is 11.7. The molecule has 1 heterocycles. The van der Waals surface area contributed by atoms with Gasteiger partial charge in [-0.05, 0) is 80.4 Å². The molecule has 0 saturated carbocycles. The fourth-order valence-corrected chi connectivity index (χ4v) is 5.19. The lowest BCUT2D eigenvalue weighted by Gasteiger charge is -2.17. The fraction of sp³-hybridized carbons (Fsp3) is 0.286. The molecule has 4 rings (SSSR count). The third kappa shape index (κ3) is 7.42. The molecule has 204 valence electrons.